The van der Waals surface area contributed by atoms with Crippen molar-refractivity contribution >= 4 is 46.3 Å². The van der Waals surface area contributed by atoms with Crippen LogP contribution in [0.4, 0.5) is 11.4 Å². The van der Waals surface area contributed by atoms with Crippen molar-refractivity contribution in [2.75, 3.05) is 32.8 Å². The SMILES string of the molecule is CCOc1c(Cl)ccc(N=NC(C(C)=O)C(=O)Nc2ccc(OC)c(Cl)c2OC)c1OCC. The highest BCUT2D eigenvalue weighted by Crippen LogP contribution is 2.43. The molecule has 0 aliphatic heterocycles. The van der Waals surface area contributed by atoms with Gasteiger partial charge in [-0.3, -0.25) is 9.59 Å². The zero-order chi connectivity index (χ0) is 24.5. The molecule has 0 aliphatic rings. The van der Waals surface area contributed by atoms with Crippen LogP contribution in [0.15, 0.2) is 34.5 Å². The number of carbonyl (C=O) groups is 2. The van der Waals surface area contributed by atoms with E-state index in [0.717, 1.165) is 0 Å². The summed E-state index contributed by atoms with van der Waals surface area (Å²) in [5.41, 5.74) is 0.503. The number of methoxy groups -OCH3 is 2. The Morgan fingerprint density at radius 1 is 0.970 bits per heavy atom. The summed E-state index contributed by atoms with van der Waals surface area (Å²) in [6.45, 7) is 5.49. The largest absolute Gasteiger partial charge is 0.495 e. The molecule has 2 aromatic rings. The first kappa shape index (κ1) is 26.2. The normalized spacial score (nSPS) is 11.7. The minimum absolute atomic E-state index is 0.171. The molecule has 0 radical (unpaired) electrons. The van der Waals surface area contributed by atoms with Gasteiger partial charge in [0.25, 0.3) is 5.91 Å². The highest BCUT2D eigenvalue weighted by atomic mass is 35.5. The molecule has 1 N–H and O–H groups in total. The summed E-state index contributed by atoms with van der Waals surface area (Å²) in [6.07, 6.45) is 0. The van der Waals surface area contributed by atoms with E-state index in [1.54, 1.807) is 32.0 Å². The summed E-state index contributed by atoms with van der Waals surface area (Å²) in [5, 5.41) is 11.1. The smallest absolute Gasteiger partial charge is 0.258 e. The molecule has 1 atom stereocenters. The van der Waals surface area contributed by atoms with Crippen LogP contribution >= 0.6 is 23.2 Å². The molecule has 0 spiro atoms. The lowest BCUT2D eigenvalue weighted by Crippen LogP contribution is -2.32. The summed E-state index contributed by atoms with van der Waals surface area (Å²) in [7, 11) is 2.85. The number of azo groups is 1. The molecule has 0 saturated carbocycles. The molecule has 2 aromatic carbocycles. The first-order valence-corrected chi connectivity index (χ1v) is 10.7. The van der Waals surface area contributed by atoms with Crippen LogP contribution in [0.25, 0.3) is 0 Å². The third-order valence-electron chi connectivity index (χ3n) is 4.28. The van der Waals surface area contributed by atoms with E-state index < -0.39 is 17.7 Å². The lowest BCUT2D eigenvalue weighted by Gasteiger charge is -2.16. The molecule has 11 heteroatoms. The van der Waals surface area contributed by atoms with Gasteiger partial charge in [0.05, 0.1) is 38.1 Å². The van der Waals surface area contributed by atoms with Gasteiger partial charge in [-0.25, -0.2) is 0 Å². The van der Waals surface area contributed by atoms with Crippen molar-refractivity contribution < 1.29 is 28.5 Å². The van der Waals surface area contributed by atoms with E-state index in [1.807, 2.05) is 0 Å². The third-order valence-corrected chi connectivity index (χ3v) is 4.93. The molecule has 0 saturated heterocycles. The molecule has 1 unspecified atom stereocenters. The van der Waals surface area contributed by atoms with Crippen LogP contribution in [-0.4, -0.2) is 45.2 Å². The van der Waals surface area contributed by atoms with E-state index in [-0.39, 0.29) is 27.9 Å². The number of nitrogens with zero attached hydrogens (tertiary/aromatic N) is 2. The standard InChI is InChI=1S/C22H25Cl2N3O6/c1-6-32-19-13(23)8-9-15(21(19)33-7-2)26-27-18(12(3)28)22(29)25-14-10-11-16(30-4)17(24)20(14)31-5/h8-11,18H,6-7H2,1-5H3,(H,25,29). The van der Waals surface area contributed by atoms with E-state index in [9.17, 15) is 9.59 Å². The number of halogens is 2. The molecule has 0 aliphatic carbocycles. The number of hydrogen-bond acceptors (Lipinski definition) is 8. The lowest BCUT2D eigenvalue weighted by atomic mass is 10.2. The van der Waals surface area contributed by atoms with E-state index in [1.165, 1.54) is 27.2 Å². The van der Waals surface area contributed by atoms with E-state index in [0.29, 0.717) is 29.7 Å². The van der Waals surface area contributed by atoms with Crippen molar-refractivity contribution in [2.24, 2.45) is 10.2 Å². The summed E-state index contributed by atoms with van der Waals surface area (Å²) in [6, 6.07) is 4.78. The molecule has 9 nitrogen and oxygen atoms in total. The van der Waals surface area contributed by atoms with Crippen LogP contribution in [0.1, 0.15) is 20.8 Å². The minimum atomic E-state index is -1.43. The fourth-order valence-electron chi connectivity index (χ4n) is 2.80. The Morgan fingerprint density at radius 2 is 1.64 bits per heavy atom. The Morgan fingerprint density at radius 3 is 2.21 bits per heavy atom. The summed E-state index contributed by atoms with van der Waals surface area (Å²) >= 11 is 12.4. The number of amides is 1. The first-order chi connectivity index (χ1) is 15.8. The molecule has 0 fully saturated rings. The van der Waals surface area contributed by atoms with Crippen molar-refractivity contribution in [3.8, 4) is 23.0 Å². The Hall–Kier alpha value is -3.04. The molecule has 178 valence electrons. The molecule has 0 heterocycles. The van der Waals surface area contributed by atoms with E-state index >= 15 is 0 Å². The Labute approximate surface area is 202 Å². The molecular formula is C22H25Cl2N3O6. The van der Waals surface area contributed by atoms with Crippen LogP contribution < -0.4 is 24.3 Å². The fourth-order valence-corrected chi connectivity index (χ4v) is 3.33. The average Bonchev–Trinajstić information content (AvgIpc) is 2.78. The fraction of sp³-hybridized carbons (Fsp3) is 0.364. The number of ketones is 1. The van der Waals surface area contributed by atoms with Gasteiger partial charge in [-0.2, -0.15) is 10.2 Å². The summed E-state index contributed by atoms with van der Waals surface area (Å²) < 4.78 is 21.6. The summed E-state index contributed by atoms with van der Waals surface area (Å²) in [4.78, 5) is 25.0. The van der Waals surface area contributed by atoms with Crippen LogP contribution in [0.3, 0.4) is 0 Å². The number of Topliss-reactive ketones (excluding diaryl/α,β-unsaturated/α-hetero) is 1. The monoisotopic (exact) mass is 497 g/mol. The Balaban J connectivity index is 2.37. The van der Waals surface area contributed by atoms with E-state index in [2.05, 4.69) is 15.5 Å². The molecule has 0 aromatic heterocycles. The van der Waals surface area contributed by atoms with Crippen molar-refractivity contribution in [1.29, 1.82) is 0 Å². The second kappa shape index (κ2) is 12.3. The van der Waals surface area contributed by atoms with Gasteiger partial charge in [0, 0.05) is 0 Å². The zero-order valence-electron chi connectivity index (χ0n) is 18.9. The number of benzene rings is 2. The van der Waals surface area contributed by atoms with Gasteiger partial charge in [-0.1, -0.05) is 23.2 Å². The maximum atomic E-state index is 12.9. The van der Waals surface area contributed by atoms with Gasteiger partial charge in [0.15, 0.2) is 23.0 Å². The van der Waals surface area contributed by atoms with Crippen LogP contribution in [0.5, 0.6) is 23.0 Å². The Kier molecular flexibility index (Phi) is 9.74. The van der Waals surface area contributed by atoms with Gasteiger partial charge in [0.1, 0.15) is 16.5 Å². The number of hydrogen-bond donors (Lipinski definition) is 1. The summed E-state index contributed by atoms with van der Waals surface area (Å²) in [5.74, 6) is -0.123. The minimum Gasteiger partial charge on any atom is -0.495 e. The van der Waals surface area contributed by atoms with Gasteiger partial charge < -0.3 is 24.3 Å². The first-order valence-electron chi connectivity index (χ1n) is 9.99. The second-order valence-corrected chi connectivity index (χ2v) is 7.26. The number of ether oxygens (including phenoxy) is 4. The van der Waals surface area contributed by atoms with Crippen LogP contribution in [-0.2, 0) is 9.59 Å². The van der Waals surface area contributed by atoms with Crippen LogP contribution in [0, 0.1) is 0 Å². The van der Waals surface area contributed by atoms with Crippen molar-refractivity contribution in [3.63, 3.8) is 0 Å². The van der Waals surface area contributed by atoms with Crippen molar-refractivity contribution in [3.05, 3.63) is 34.3 Å². The molecular weight excluding hydrogens is 473 g/mol. The number of rotatable bonds is 11. The highest BCUT2D eigenvalue weighted by molar-refractivity contribution is 6.34. The predicted molar refractivity (Wildman–Crippen MR) is 126 cm³/mol. The topological polar surface area (TPSA) is 108 Å². The Bertz CT molecular complexity index is 1050. The van der Waals surface area contributed by atoms with Gasteiger partial charge in [0.2, 0.25) is 6.04 Å². The van der Waals surface area contributed by atoms with Gasteiger partial charge >= 0.3 is 0 Å². The quantitative estimate of drug-likeness (QED) is 0.324. The maximum absolute atomic E-state index is 12.9. The maximum Gasteiger partial charge on any atom is 0.258 e. The number of nitrogens with one attached hydrogen (secondary N) is 1. The van der Waals surface area contributed by atoms with Crippen molar-refractivity contribution in [1.82, 2.24) is 0 Å². The predicted octanol–water partition coefficient (Wildman–Crippen LogP) is 5.49. The lowest BCUT2D eigenvalue weighted by molar-refractivity contribution is -0.126. The molecule has 2 rings (SSSR count). The molecule has 0 bridgehead atoms. The van der Waals surface area contributed by atoms with E-state index in [4.69, 9.17) is 42.1 Å². The van der Waals surface area contributed by atoms with Gasteiger partial charge in [-0.05, 0) is 45.0 Å². The molecule has 33 heavy (non-hydrogen) atoms. The van der Waals surface area contributed by atoms with Crippen molar-refractivity contribution in [2.45, 2.75) is 26.8 Å². The zero-order valence-corrected chi connectivity index (χ0v) is 20.4. The third kappa shape index (κ3) is 6.27. The van der Waals surface area contributed by atoms with Gasteiger partial charge in [-0.15, -0.1) is 0 Å². The average molecular weight is 498 g/mol. The second-order valence-electron chi connectivity index (χ2n) is 6.47. The number of anilines is 1. The highest BCUT2D eigenvalue weighted by Gasteiger charge is 2.26. The number of carbonyl (C=O) groups excluding carboxylic acids is 2. The molecule has 1 amide bonds. The van der Waals surface area contributed by atoms with Crippen LogP contribution in [0.2, 0.25) is 10.0 Å².